The normalized spacial score (nSPS) is 15.3. The zero-order valence-corrected chi connectivity index (χ0v) is 27.6. The van der Waals surface area contributed by atoms with E-state index in [1.165, 1.54) is 0 Å². The maximum atomic E-state index is 9.77. The first-order valence-corrected chi connectivity index (χ1v) is 19.3. The molecule has 12 heteroatoms. The molecule has 0 aliphatic carbocycles. The van der Waals surface area contributed by atoms with Crippen molar-refractivity contribution in [2.24, 2.45) is 0 Å². The van der Waals surface area contributed by atoms with E-state index in [1.54, 1.807) is 12.4 Å². The van der Waals surface area contributed by atoms with Gasteiger partial charge in [-0.15, -0.1) is 0 Å². The number of nitrogens with one attached hydrogen (secondary N) is 1. The van der Waals surface area contributed by atoms with Crippen LogP contribution in [0.5, 0.6) is 11.5 Å². The van der Waals surface area contributed by atoms with Crippen molar-refractivity contribution in [3.8, 4) is 22.8 Å². The Morgan fingerprint density at radius 2 is 1.86 bits per heavy atom. The van der Waals surface area contributed by atoms with Crippen LogP contribution in [0.25, 0.3) is 33.3 Å². The number of fused-ring (bicyclic) bond motifs is 2. The predicted molar refractivity (Wildman–Crippen MR) is 176 cm³/mol. The standard InChI is InChI=1S/C32H40ClN7O3Si/c1-22-37-25-6-5-24(17-28(25)39(22)21-42-15-16-44(2,3)4)43-29-8-7-26-31(30(29)33)38-27(19-35-26)23-18-36-40(20-23)32(11-14-41)9-12-34-13-10-32/h5-8,17-20,34,41H,9-16,21H2,1-4H3. The Balaban J connectivity index is 1.25. The van der Waals surface area contributed by atoms with Crippen LogP contribution in [0.15, 0.2) is 48.9 Å². The van der Waals surface area contributed by atoms with Gasteiger partial charge in [0.05, 0.1) is 40.2 Å². The van der Waals surface area contributed by atoms with Gasteiger partial charge in [-0.25, -0.2) is 9.97 Å². The minimum atomic E-state index is -1.17. The van der Waals surface area contributed by atoms with E-state index in [4.69, 9.17) is 31.0 Å². The SMILES string of the molecule is Cc1nc2ccc(Oc3ccc4ncc(-c5cnn(C6(CCO)CCNCC6)c5)nc4c3Cl)cc2n1COCC[Si](C)(C)C. The smallest absolute Gasteiger partial charge is 0.148 e. The molecule has 0 atom stereocenters. The summed E-state index contributed by atoms with van der Waals surface area (Å²) in [7, 11) is -1.17. The van der Waals surface area contributed by atoms with Crippen molar-refractivity contribution in [1.82, 2.24) is 34.6 Å². The average Bonchev–Trinajstić information content (AvgIpc) is 3.62. The van der Waals surface area contributed by atoms with E-state index in [0.717, 1.165) is 61.0 Å². The number of hydrogen-bond donors (Lipinski definition) is 2. The fourth-order valence-electron chi connectivity index (χ4n) is 5.76. The van der Waals surface area contributed by atoms with Crippen molar-refractivity contribution < 1.29 is 14.6 Å². The van der Waals surface area contributed by atoms with E-state index in [9.17, 15) is 5.11 Å². The second kappa shape index (κ2) is 12.6. The molecule has 5 aromatic rings. The van der Waals surface area contributed by atoms with Gasteiger partial charge in [-0.2, -0.15) is 5.10 Å². The summed E-state index contributed by atoms with van der Waals surface area (Å²) in [4.78, 5) is 14.2. The van der Waals surface area contributed by atoms with Crippen molar-refractivity contribution in [3.05, 3.63) is 59.8 Å². The summed E-state index contributed by atoms with van der Waals surface area (Å²) in [6.07, 6.45) is 8.01. The molecule has 2 aromatic carbocycles. The molecule has 4 heterocycles. The Morgan fingerprint density at radius 3 is 2.64 bits per heavy atom. The van der Waals surface area contributed by atoms with Crippen molar-refractivity contribution in [1.29, 1.82) is 0 Å². The van der Waals surface area contributed by atoms with Crippen molar-refractivity contribution in [2.75, 3.05) is 26.3 Å². The van der Waals surface area contributed by atoms with Crippen LogP contribution in [0, 0.1) is 6.92 Å². The number of aryl methyl sites for hydroxylation is 1. The number of nitrogens with zero attached hydrogens (tertiary/aromatic N) is 6. The van der Waals surface area contributed by atoms with E-state index in [0.29, 0.717) is 46.4 Å². The lowest BCUT2D eigenvalue weighted by atomic mass is 9.85. The fraction of sp³-hybridized carbons (Fsp3) is 0.438. The van der Waals surface area contributed by atoms with Crippen LogP contribution in [0.2, 0.25) is 30.7 Å². The molecule has 1 saturated heterocycles. The van der Waals surface area contributed by atoms with Gasteiger partial charge in [0.15, 0.2) is 0 Å². The molecule has 0 spiro atoms. The second-order valence-electron chi connectivity index (χ2n) is 12.8. The molecule has 0 unspecified atom stereocenters. The summed E-state index contributed by atoms with van der Waals surface area (Å²) >= 11 is 6.90. The lowest BCUT2D eigenvalue weighted by Crippen LogP contribution is -2.45. The number of rotatable bonds is 11. The number of ether oxygens (including phenoxy) is 2. The first-order chi connectivity index (χ1) is 21.2. The highest BCUT2D eigenvalue weighted by Crippen LogP contribution is 2.37. The Kier molecular flexibility index (Phi) is 8.76. The number of aliphatic hydroxyl groups is 1. The molecule has 0 saturated carbocycles. The molecular formula is C32H40ClN7O3Si. The average molecular weight is 634 g/mol. The van der Waals surface area contributed by atoms with Crippen LogP contribution in [-0.4, -0.2) is 68.8 Å². The van der Waals surface area contributed by atoms with Crippen LogP contribution in [0.3, 0.4) is 0 Å². The van der Waals surface area contributed by atoms with E-state index >= 15 is 0 Å². The van der Waals surface area contributed by atoms with Gasteiger partial charge in [0.25, 0.3) is 0 Å². The van der Waals surface area contributed by atoms with Crippen LogP contribution >= 0.6 is 11.6 Å². The van der Waals surface area contributed by atoms with Crippen LogP contribution in [-0.2, 0) is 17.0 Å². The van der Waals surface area contributed by atoms with Crippen molar-refractivity contribution in [2.45, 2.75) is 64.1 Å². The molecule has 2 N–H and O–H groups in total. The lowest BCUT2D eigenvalue weighted by Gasteiger charge is -2.37. The third-order valence-electron chi connectivity index (χ3n) is 8.45. The Bertz CT molecular complexity index is 1770. The molecule has 0 bridgehead atoms. The van der Waals surface area contributed by atoms with Gasteiger partial charge in [0.2, 0.25) is 0 Å². The van der Waals surface area contributed by atoms with Gasteiger partial charge in [0.1, 0.15) is 34.6 Å². The highest BCUT2D eigenvalue weighted by atomic mass is 35.5. The molecule has 1 aliphatic rings. The zero-order valence-electron chi connectivity index (χ0n) is 25.8. The monoisotopic (exact) mass is 633 g/mol. The number of halogens is 1. The quantitative estimate of drug-likeness (QED) is 0.127. The highest BCUT2D eigenvalue weighted by molar-refractivity contribution is 6.76. The van der Waals surface area contributed by atoms with Crippen molar-refractivity contribution in [3.63, 3.8) is 0 Å². The summed E-state index contributed by atoms with van der Waals surface area (Å²) in [6, 6.07) is 10.6. The molecule has 10 nitrogen and oxygen atoms in total. The Morgan fingerprint density at radius 1 is 1.07 bits per heavy atom. The highest BCUT2D eigenvalue weighted by Gasteiger charge is 2.34. The number of benzene rings is 2. The summed E-state index contributed by atoms with van der Waals surface area (Å²) < 4.78 is 16.4. The third kappa shape index (κ3) is 6.38. The number of hydrogen-bond acceptors (Lipinski definition) is 8. The molecule has 6 rings (SSSR count). The molecule has 1 fully saturated rings. The summed E-state index contributed by atoms with van der Waals surface area (Å²) in [5.41, 5.74) is 4.36. The lowest BCUT2D eigenvalue weighted by molar-refractivity contribution is 0.0885. The molecule has 0 amide bonds. The van der Waals surface area contributed by atoms with Gasteiger partial charge in [-0.05, 0) is 69.6 Å². The first kappa shape index (κ1) is 30.7. The zero-order chi connectivity index (χ0) is 30.9. The molecular weight excluding hydrogens is 594 g/mol. The van der Waals surface area contributed by atoms with E-state index in [-0.39, 0.29) is 12.1 Å². The van der Waals surface area contributed by atoms with Crippen LogP contribution < -0.4 is 10.1 Å². The van der Waals surface area contributed by atoms with E-state index in [2.05, 4.69) is 39.6 Å². The topological polar surface area (TPSA) is 112 Å². The minimum Gasteiger partial charge on any atom is -0.456 e. The van der Waals surface area contributed by atoms with E-state index < -0.39 is 8.07 Å². The molecule has 3 aromatic heterocycles. The summed E-state index contributed by atoms with van der Waals surface area (Å²) in [6.45, 7) is 12.1. The van der Waals surface area contributed by atoms with Gasteiger partial charge < -0.3 is 24.5 Å². The minimum absolute atomic E-state index is 0.116. The predicted octanol–water partition coefficient (Wildman–Crippen LogP) is 6.37. The van der Waals surface area contributed by atoms with Crippen LogP contribution in [0.4, 0.5) is 0 Å². The second-order valence-corrected chi connectivity index (χ2v) is 18.8. The number of aliphatic hydroxyl groups excluding tert-OH is 1. The van der Waals surface area contributed by atoms with Gasteiger partial charge in [0, 0.05) is 39.1 Å². The fourth-order valence-corrected chi connectivity index (χ4v) is 6.76. The number of piperidine rings is 1. The van der Waals surface area contributed by atoms with Gasteiger partial charge in [-0.1, -0.05) is 31.2 Å². The van der Waals surface area contributed by atoms with Gasteiger partial charge >= 0.3 is 0 Å². The summed E-state index contributed by atoms with van der Waals surface area (Å²) in [5, 5.41) is 18.2. The maximum Gasteiger partial charge on any atom is 0.148 e. The first-order valence-electron chi connectivity index (χ1n) is 15.2. The van der Waals surface area contributed by atoms with E-state index in [1.807, 2.05) is 48.1 Å². The maximum absolute atomic E-state index is 9.77. The molecule has 232 valence electrons. The number of imidazole rings is 1. The largest absolute Gasteiger partial charge is 0.456 e. The summed E-state index contributed by atoms with van der Waals surface area (Å²) in [5.74, 6) is 2.03. The van der Waals surface area contributed by atoms with Gasteiger partial charge in [-0.3, -0.25) is 9.67 Å². The Labute approximate surface area is 263 Å². The Hall–Kier alpha value is -3.35. The molecule has 1 aliphatic heterocycles. The van der Waals surface area contributed by atoms with Crippen LogP contribution in [0.1, 0.15) is 25.1 Å². The molecule has 0 radical (unpaired) electrons. The van der Waals surface area contributed by atoms with Crippen molar-refractivity contribution >= 4 is 41.7 Å². The number of aromatic nitrogens is 6. The third-order valence-corrected chi connectivity index (χ3v) is 10.5. The molecule has 44 heavy (non-hydrogen) atoms.